The molecule has 1 spiro atoms. The van der Waals surface area contributed by atoms with E-state index in [1.165, 1.54) is 116 Å². The van der Waals surface area contributed by atoms with Gasteiger partial charge in [0.25, 0.3) is 0 Å². The zero-order chi connectivity index (χ0) is 38.8. The van der Waals surface area contributed by atoms with E-state index in [2.05, 4.69) is 227 Å². The fourth-order valence-electron chi connectivity index (χ4n) is 10.8. The highest BCUT2D eigenvalue weighted by Crippen LogP contribution is 2.63. The van der Waals surface area contributed by atoms with Crippen LogP contribution in [0.15, 0.2) is 211 Å². The summed E-state index contributed by atoms with van der Waals surface area (Å²) in [6, 6.07) is 76.9. The van der Waals surface area contributed by atoms with Crippen LogP contribution in [0, 0.1) is 0 Å². The molecule has 10 aromatic carbocycles. The van der Waals surface area contributed by atoms with Crippen LogP contribution >= 0.6 is 15.9 Å². The summed E-state index contributed by atoms with van der Waals surface area (Å²) in [6.07, 6.45) is 0. The highest BCUT2D eigenvalue weighted by Gasteiger charge is 2.51. The molecule has 0 saturated heterocycles. The second kappa shape index (κ2) is 12.3. The van der Waals surface area contributed by atoms with Gasteiger partial charge >= 0.3 is 0 Å². The van der Waals surface area contributed by atoms with Crippen molar-refractivity contribution in [2.24, 2.45) is 0 Å². The van der Waals surface area contributed by atoms with Crippen molar-refractivity contribution in [2.45, 2.75) is 5.41 Å². The van der Waals surface area contributed by atoms with Gasteiger partial charge < -0.3 is 4.57 Å². The zero-order valence-electron chi connectivity index (χ0n) is 32.0. The Morgan fingerprint density at radius 2 is 0.915 bits per heavy atom. The highest BCUT2D eigenvalue weighted by atomic mass is 79.9. The van der Waals surface area contributed by atoms with Gasteiger partial charge in [0.15, 0.2) is 0 Å². The third-order valence-electron chi connectivity index (χ3n) is 13.3. The van der Waals surface area contributed by atoms with Gasteiger partial charge in [0, 0.05) is 20.9 Å². The van der Waals surface area contributed by atoms with Crippen LogP contribution in [0.2, 0.25) is 0 Å². The quantitative estimate of drug-likeness (QED) is 0.157. The van der Waals surface area contributed by atoms with Crippen molar-refractivity contribution in [3.8, 4) is 50.2 Å². The maximum atomic E-state index is 3.87. The summed E-state index contributed by atoms with van der Waals surface area (Å²) in [7, 11) is 0. The maximum absolute atomic E-state index is 3.87. The molecule has 0 bridgehead atoms. The molecule has 2 aliphatic carbocycles. The second-order valence-electron chi connectivity index (χ2n) is 16.1. The van der Waals surface area contributed by atoms with Crippen LogP contribution in [-0.4, -0.2) is 4.57 Å². The molecule has 0 amide bonds. The normalized spacial score (nSPS) is 13.3. The lowest BCUT2D eigenvalue weighted by atomic mass is 9.70. The van der Waals surface area contributed by atoms with E-state index in [0.29, 0.717) is 0 Å². The van der Waals surface area contributed by atoms with Gasteiger partial charge in [-0.1, -0.05) is 180 Å². The number of hydrogen-bond donors (Lipinski definition) is 0. The minimum absolute atomic E-state index is 0.421. The Balaban J connectivity index is 0.962. The van der Waals surface area contributed by atoms with E-state index in [1.807, 2.05) is 0 Å². The molecule has 0 radical (unpaired) electrons. The number of hydrogen-bond acceptors (Lipinski definition) is 0. The molecule has 274 valence electrons. The van der Waals surface area contributed by atoms with Crippen molar-refractivity contribution in [2.75, 3.05) is 0 Å². The number of halogens is 1. The second-order valence-corrected chi connectivity index (χ2v) is 17.0. The first-order valence-corrected chi connectivity index (χ1v) is 21.2. The number of fused-ring (bicyclic) bond motifs is 16. The predicted molar refractivity (Wildman–Crippen MR) is 251 cm³/mol. The van der Waals surface area contributed by atoms with Gasteiger partial charge in [-0.25, -0.2) is 0 Å². The van der Waals surface area contributed by atoms with Gasteiger partial charge in [-0.05, 0) is 131 Å². The fourth-order valence-corrected chi connectivity index (χ4v) is 11.2. The van der Waals surface area contributed by atoms with Crippen molar-refractivity contribution in [3.63, 3.8) is 0 Å². The van der Waals surface area contributed by atoms with Crippen LogP contribution in [0.5, 0.6) is 0 Å². The molecule has 11 aromatic rings. The summed E-state index contributed by atoms with van der Waals surface area (Å²) in [4.78, 5) is 0. The van der Waals surface area contributed by atoms with Crippen molar-refractivity contribution >= 4 is 59.3 Å². The van der Waals surface area contributed by atoms with Crippen LogP contribution in [0.3, 0.4) is 0 Å². The molecule has 1 aromatic heterocycles. The van der Waals surface area contributed by atoms with E-state index in [0.717, 1.165) is 4.47 Å². The number of aromatic nitrogens is 1. The molecule has 2 heteroatoms. The number of nitrogens with zero attached hydrogens (tertiary/aromatic N) is 1. The Kier molecular flexibility index (Phi) is 6.86. The maximum Gasteiger partial charge on any atom is 0.0726 e. The average molecular weight is 813 g/mol. The Morgan fingerprint density at radius 1 is 0.322 bits per heavy atom. The molecule has 59 heavy (non-hydrogen) atoms. The van der Waals surface area contributed by atoms with Gasteiger partial charge in [0.1, 0.15) is 0 Å². The fraction of sp³-hybridized carbons (Fsp3) is 0.0175. The van der Waals surface area contributed by atoms with E-state index < -0.39 is 5.41 Å². The first-order valence-electron chi connectivity index (χ1n) is 20.4. The molecule has 0 atom stereocenters. The number of benzene rings is 10. The molecular formula is C57H34BrN. The van der Waals surface area contributed by atoms with Crippen molar-refractivity contribution in [1.82, 2.24) is 4.57 Å². The first-order chi connectivity index (χ1) is 29.2. The standard InChI is InChI=1S/C57H34BrN/c58-39-26-29-47-48-30-27-40(34-54(48)57(53(47)33-39)51-17-6-3-12-45(51)46-13-4-7-18-52(46)57)59-55-19-8-5-14-49(55)50-32-38(25-31-56(50)59)35-20-22-37(23-21-35)42-15-9-16-43-41-11-2-1-10-36(41)24-28-44(42)43/h1-34H. The number of para-hydroxylation sites is 1. The largest absolute Gasteiger partial charge is 0.309 e. The summed E-state index contributed by atoms with van der Waals surface area (Å²) >= 11 is 3.87. The molecule has 0 unspecified atom stereocenters. The van der Waals surface area contributed by atoms with Crippen molar-refractivity contribution < 1.29 is 0 Å². The Bertz CT molecular complexity index is 3520. The topological polar surface area (TPSA) is 4.93 Å². The average Bonchev–Trinajstić information content (AvgIpc) is 3.90. The van der Waals surface area contributed by atoms with E-state index in [9.17, 15) is 0 Å². The summed E-state index contributed by atoms with van der Waals surface area (Å²) in [6.45, 7) is 0. The molecule has 0 N–H and O–H groups in total. The predicted octanol–water partition coefficient (Wildman–Crippen LogP) is 15.5. The highest BCUT2D eigenvalue weighted by molar-refractivity contribution is 9.10. The van der Waals surface area contributed by atoms with Crippen LogP contribution in [0.1, 0.15) is 22.3 Å². The molecule has 0 aliphatic heterocycles. The van der Waals surface area contributed by atoms with Crippen molar-refractivity contribution in [3.05, 3.63) is 233 Å². The SMILES string of the molecule is Brc1ccc2c(c1)C1(c3ccccc3-c3ccccc31)c1cc(-n3c4ccccc4c4cc(-c5ccc(-c6cccc7c6ccc6ccccc67)cc5)ccc43)ccc1-2. The van der Waals surface area contributed by atoms with Gasteiger partial charge in [-0.15, -0.1) is 0 Å². The summed E-state index contributed by atoms with van der Waals surface area (Å²) in [5.74, 6) is 0. The number of rotatable bonds is 3. The van der Waals surface area contributed by atoms with Crippen LogP contribution < -0.4 is 0 Å². The van der Waals surface area contributed by atoms with Crippen LogP contribution in [-0.2, 0) is 5.41 Å². The van der Waals surface area contributed by atoms with Gasteiger partial charge in [0.2, 0.25) is 0 Å². The molecule has 0 fully saturated rings. The smallest absolute Gasteiger partial charge is 0.0726 e. The molecular weight excluding hydrogens is 779 g/mol. The molecule has 2 aliphatic rings. The van der Waals surface area contributed by atoms with E-state index >= 15 is 0 Å². The van der Waals surface area contributed by atoms with Crippen molar-refractivity contribution in [1.29, 1.82) is 0 Å². The third kappa shape index (κ3) is 4.50. The Hall–Kier alpha value is -7.00. The zero-order valence-corrected chi connectivity index (χ0v) is 33.5. The van der Waals surface area contributed by atoms with E-state index in [4.69, 9.17) is 0 Å². The molecule has 0 saturated carbocycles. The van der Waals surface area contributed by atoms with Crippen LogP contribution in [0.25, 0.3) is 93.5 Å². The monoisotopic (exact) mass is 811 g/mol. The van der Waals surface area contributed by atoms with E-state index in [1.54, 1.807) is 0 Å². The van der Waals surface area contributed by atoms with Gasteiger partial charge in [0.05, 0.1) is 16.4 Å². The Morgan fingerprint density at radius 3 is 1.73 bits per heavy atom. The summed E-state index contributed by atoms with van der Waals surface area (Å²) in [5, 5.41) is 7.64. The molecule has 13 rings (SSSR count). The van der Waals surface area contributed by atoms with Gasteiger partial charge in [-0.2, -0.15) is 0 Å². The molecule has 1 nitrogen and oxygen atoms in total. The van der Waals surface area contributed by atoms with E-state index in [-0.39, 0.29) is 0 Å². The minimum Gasteiger partial charge on any atom is -0.309 e. The lowest BCUT2D eigenvalue weighted by Gasteiger charge is -2.31. The first kappa shape index (κ1) is 33.0. The molecule has 1 heterocycles. The third-order valence-corrected chi connectivity index (χ3v) is 13.8. The van der Waals surface area contributed by atoms with Gasteiger partial charge in [-0.3, -0.25) is 0 Å². The Labute approximate surface area is 350 Å². The lowest BCUT2D eigenvalue weighted by molar-refractivity contribution is 0.792. The lowest BCUT2D eigenvalue weighted by Crippen LogP contribution is -2.26. The summed E-state index contributed by atoms with van der Waals surface area (Å²) < 4.78 is 3.57. The summed E-state index contributed by atoms with van der Waals surface area (Å²) in [5.41, 5.74) is 18.7. The van der Waals surface area contributed by atoms with Crippen LogP contribution in [0.4, 0.5) is 0 Å². The minimum atomic E-state index is -0.421.